The van der Waals surface area contributed by atoms with E-state index in [1.165, 1.54) is 5.57 Å². The fourth-order valence-corrected chi connectivity index (χ4v) is 2.80. The van der Waals surface area contributed by atoms with Crippen molar-refractivity contribution in [1.82, 2.24) is 4.90 Å². The van der Waals surface area contributed by atoms with E-state index in [0.717, 1.165) is 32.5 Å². The largest absolute Gasteiger partial charge is 0.299 e. The second kappa shape index (κ2) is 7.32. The average molecular weight is 247 g/mol. The van der Waals surface area contributed by atoms with E-state index in [1.807, 2.05) is 26.0 Å². The molecule has 1 heterocycles. The number of likely N-dealkylation sites (tertiary alicyclic amines) is 1. The number of carbonyl (C=O) groups excluding carboxylic acids is 1. The van der Waals surface area contributed by atoms with Gasteiger partial charge in [0.1, 0.15) is 5.78 Å². The monoisotopic (exact) mass is 247 g/mol. The van der Waals surface area contributed by atoms with Gasteiger partial charge in [-0.3, -0.25) is 9.69 Å². The van der Waals surface area contributed by atoms with Crippen molar-refractivity contribution in [3.05, 3.63) is 37.0 Å². The molecular weight excluding hydrogens is 222 g/mol. The molecule has 1 aliphatic carbocycles. The topological polar surface area (TPSA) is 20.3 Å². The normalized spacial score (nSPS) is 27.4. The Morgan fingerprint density at radius 3 is 2.28 bits per heavy atom. The summed E-state index contributed by atoms with van der Waals surface area (Å²) in [4.78, 5) is 14.1. The van der Waals surface area contributed by atoms with Crippen LogP contribution in [0.25, 0.3) is 0 Å². The molecule has 2 nitrogen and oxygen atoms in total. The maximum atomic E-state index is 11.7. The number of hydrogen-bond acceptors (Lipinski definition) is 2. The van der Waals surface area contributed by atoms with Crippen LogP contribution in [0.1, 0.15) is 26.7 Å². The maximum Gasteiger partial charge on any atom is 0.141 e. The molecule has 2 fully saturated rings. The second-order valence-electron chi connectivity index (χ2n) is 4.75. The van der Waals surface area contributed by atoms with E-state index in [1.54, 1.807) is 6.08 Å². The van der Waals surface area contributed by atoms with Gasteiger partial charge in [-0.15, -0.1) is 0 Å². The van der Waals surface area contributed by atoms with Gasteiger partial charge in [-0.05, 0) is 18.4 Å². The first-order valence-corrected chi connectivity index (χ1v) is 6.94. The number of carbonyl (C=O) groups is 1. The number of ketones is 1. The van der Waals surface area contributed by atoms with Crippen LogP contribution in [-0.4, -0.2) is 30.3 Å². The molecule has 1 aliphatic heterocycles. The highest BCUT2D eigenvalue weighted by Gasteiger charge is 2.40. The third-order valence-corrected chi connectivity index (χ3v) is 3.63. The quantitative estimate of drug-likeness (QED) is 0.711. The molecule has 2 atom stereocenters. The van der Waals surface area contributed by atoms with E-state index in [0.29, 0.717) is 17.6 Å². The number of fused-ring (bicyclic) bond motifs is 2. The summed E-state index contributed by atoms with van der Waals surface area (Å²) < 4.78 is 0. The van der Waals surface area contributed by atoms with E-state index in [-0.39, 0.29) is 0 Å². The Morgan fingerprint density at radius 2 is 1.83 bits per heavy atom. The Morgan fingerprint density at radius 1 is 1.28 bits per heavy atom. The van der Waals surface area contributed by atoms with Crippen LogP contribution in [0.15, 0.2) is 37.0 Å². The fourth-order valence-electron chi connectivity index (χ4n) is 2.80. The summed E-state index contributed by atoms with van der Waals surface area (Å²) in [6, 6.07) is 0. The lowest BCUT2D eigenvalue weighted by molar-refractivity contribution is -0.127. The number of hydrogen-bond donors (Lipinski definition) is 0. The van der Waals surface area contributed by atoms with Gasteiger partial charge in [0, 0.05) is 31.5 Å². The van der Waals surface area contributed by atoms with Gasteiger partial charge in [-0.25, -0.2) is 0 Å². The van der Waals surface area contributed by atoms with E-state index >= 15 is 0 Å². The molecule has 2 heteroatoms. The van der Waals surface area contributed by atoms with Crippen LogP contribution in [0, 0.1) is 11.8 Å². The van der Waals surface area contributed by atoms with Gasteiger partial charge in [0.15, 0.2) is 0 Å². The van der Waals surface area contributed by atoms with Gasteiger partial charge < -0.3 is 0 Å². The number of rotatable bonds is 4. The highest BCUT2D eigenvalue weighted by molar-refractivity contribution is 5.86. The first kappa shape index (κ1) is 14.9. The van der Waals surface area contributed by atoms with Crippen molar-refractivity contribution in [2.24, 2.45) is 11.8 Å². The molecule has 0 N–H and O–H groups in total. The summed E-state index contributed by atoms with van der Waals surface area (Å²) in [5.74, 6) is 1.10. The van der Waals surface area contributed by atoms with Gasteiger partial charge in [0.05, 0.1) is 0 Å². The van der Waals surface area contributed by atoms with Crippen molar-refractivity contribution >= 4 is 5.78 Å². The lowest BCUT2D eigenvalue weighted by Gasteiger charge is -2.31. The summed E-state index contributed by atoms with van der Waals surface area (Å²) in [6.45, 7) is 14.3. The molecular formula is C16H25NO. The second-order valence-corrected chi connectivity index (χ2v) is 4.75. The van der Waals surface area contributed by atoms with E-state index in [9.17, 15) is 4.79 Å². The first-order valence-electron chi connectivity index (χ1n) is 6.94. The Bertz CT molecular complexity index is 327. The average Bonchev–Trinajstić information content (AvgIpc) is 2.63. The van der Waals surface area contributed by atoms with Gasteiger partial charge in [-0.1, -0.05) is 45.2 Å². The Kier molecular flexibility index (Phi) is 6.06. The minimum Gasteiger partial charge on any atom is -0.299 e. The van der Waals surface area contributed by atoms with E-state index in [2.05, 4.69) is 18.1 Å². The fraction of sp³-hybridized carbons (Fsp3) is 0.562. The van der Waals surface area contributed by atoms with Crippen LogP contribution >= 0.6 is 0 Å². The number of nitrogens with zero attached hydrogens (tertiary/aromatic N) is 1. The Labute approximate surface area is 111 Å². The summed E-state index contributed by atoms with van der Waals surface area (Å²) in [5, 5.41) is 0. The van der Waals surface area contributed by atoms with Crippen LogP contribution in [-0.2, 0) is 4.79 Å². The molecule has 0 spiro atoms. The summed E-state index contributed by atoms with van der Waals surface area (Å²) >= 11 is 0. The lowest BCUT2D eigenvalue weighted by atomic mass is 9.96. The number of allylic oxidation sites excluding steroid dienone is 2. The molecule has 0 aromatic heterocycles. The molecule has 0 aromatic rings. The van der Waals surface area contributed by atoms with Crippen molar-refractivity contribution in [2.75, 3.05) is 19.6 Å². The summed E-state index contributed by atoms with van der Waals surface area (Å²) in [5.41, 5.74) is 1.18. The molecule has 0 radical (unpaired) electrons. The molecule has 1 saturated carbocycles. The molecule has 0 aromatic carbocycles. The van der Waals surface area contributed by atoms with E-state index in [4.69, 9.17) is 0 Å². The highest BCUT2D eigenvalue weighted by Crippen LogP contribution is 2.33. The van der Waals surface area contributed by atoms with Crippen LogP contribution in [0.2, 0.25) is 0 Å². The molecule has 2 aliphatic rings. The van der Waals surface area contributed by atoms with Crippen LogP contribution in [0.5, 0.6) is 0 Å². The van der Waals surface area contributed by atoms with Gasteiger partial charge in [0.25, 0.3) is 0 Å². The molecule has 100 valence electrons. The third-order valence-electron chi connectivity index (χ3n) is 3.63. The van der Waals surface area contributed by atoms with Gasteiger partial charge >= 0.3 is 0 Å². The predicted molar refractivity (Wildman–Crippen MR) is 77.5 cm³/mol. The van der Waals surface area contributed by atoms with Gasteiger partial charge in [-0.2, -0.15) is 0 Å². The standard InChI is InChI=1S/C14H19NO.C2H6/c1-3-5-11(4-2)8-15-9-12-6-7-13(10-15)14(12)16;1-2/h3-5,12-13H,1-2,6-10H2;1-2H3/b11-5+;. The zero-order valence-electron chi connectivity index (χ0n) is 11.7. The van der Waals surface area contributed by atoms with Crippen LogP contribution in [0.4, 0.5) is 0 Å². The zero-order chi connectivity index (χ0) is 13.5. The summed E-state index contributed by atoms with van der Waals surface area (Å²) in [7, 11) is 0. The maximum absolute atomic E-state index is 11.7. The molecule has 2 bridgehead atoms. The van der Waals surface area contributed by atoms with Crippen LogP contribution in [0.3, 0.4) is 0 Å². The molecule has 2 unspecified atom stereocenters. The SMILES string of the molecule is C=C/C=C(\C=C)CN1CC2CCC(C1)C2=O.CC. The highest BCUT2D eigenvalue weighted by atomic mass is 16.1. The molecule has 18 heavy (non-hydrogen) atoms. The molecule has 0 amide bonds. The molecule has 2 rings (SSSR count). The number of Topliss-reactive ketones (excluding diaryl/α,β-unsaturated/α-hetero) is 1. The van der Waals surface area contributed by atoms with Crippen LogP contribution < -0.4 is 0 Å². The summed E-state index contributed by atoms with van der Waals surface area (Å²) in [6.07, 6.45) is 7.84. The Balaban J connectivity index is 0.000000771. The van der Waals surface area contributed by atoms with E-state index < -0.39 is 0 Å². The third kappa shape index (κ3) is 3.42. The van der Waals surface area contributed by atoms with Crippen molar-refractivity contribution in [3.8, 4) is 0 Å². The van der Waals surface area contributed by atoms with Crippen molar-refractivity contribution in [3.63, 3.8) is 0 Å². The van der Waals surface area contributed by atoms with Gasteiger partial charge in [0.2, 0.25) is 0 Å². The minimum atomic E-state index is 0.300. The van der Waals surface area contributed by atoms with Crippen molar-refractivity contribution in [1.29, 1.82) is 0 Å². The van der Waals surface area contributed by atoms with Crippen molar-refractivity contribution in [2.45, 2.75) is 26.7 Å². The van der Waals surface area contributed by atoms with Crippen molar-refractivity contribution < 1.29 is 4.79 Å². The predicted octanol–water partition coefficient (Wildman–Crippen LogP) is 3.22. The molecule has 1 saturated heterocycles. The number of piperidine rings is 1. The first-order chi connectivity index (χ1) is 8.74. The minimum absolute atomic E-state index is 0.300. The Hall–Kier alpha value is -1.15. The zero-order valence-corrected chi connectivity index (χ0v) is 11.7. The smallest absolute Gasteiger partial charge is 0.141 e. The lowest BCUT2D eigenvalue weighted by Crippen LogP contribution is -2.42.